The lowest BCUT2D eigenvalue weighted by molar-refractivity contribution is -0.133. The standard InChI is InChI=1S/C19H29BrN4O2/c1-13(2)18(25)24-10-9-15(12-24)23-19(21-4)22-11-14(3)26-17-8-6-5-7-16(17)20/h5-8,13-15H,9-12H2,1-4H3,(H2,21,22,23). The van der Waals surface area contributed by atoms with Crippen molar-refractivity contribution in [1.82, 2.24) is 15.5 Å². The van der Waals surface area contributed by atoms with Crippen molar-refractivity contribution >= 4 is 27.8 Å². The molecule has 2 unspecified atom stereocenters. The van der Waals surface area contributed by atoms with Crippen molar-refractivity contribution in [1.29, 1.82) is 0 Å². The van der Waals surface area contributed by atoms with E-state index < -0.39 is 0 Å². The lowest BCUT2D eigenvalue weighted by Crippen LogP contribution is -2.47. The Morgan fingerprint density at radius 3 is 2.77 bits per heavy atom. The second-order valence-corrected chi connectivity index (χ2v) is 7.74. The Balaban J connectivity index is 1.78. The van der Waals surface area contributed by atoms with E-state index in [4.69, 9.17) is 4.74 Å². The molecule has 0 spiro atoms. The predicted octanol–water partition coefficient (Wildman–Crippen LogP) is 2.64. The number of benzene rings is 1. The SMILES string of the molecule is CN=C(NCC(C)Oc1ccccc1Br)NC1CCN(C(=O)C(C)C)C1. The molecule has 1 amide bonds. The van der Waals surface area contributed by atoms with Gasteiger partial charge in [0.15, 0.2) is 5.96 Å². The molecule has 1 aliphatic rings. The fraction of sp³-hybridized carbons (Fsp3) is 0.579. The Hall–Kier alpha value is -1.76. The summed E-state index contributed by atoms with van der Waals surface area (Å²) in [6.07, 6.45) is 0.914. The fourth-order valence-corrected chi connectivity index (χ4v) is 3.25. The zero-order chi connectivity index (χ0) is 19.1. The fourth-order valence-electron chi connectivity index (χ4n) is 2.87. The Morgan fingerprint density at radius 2 is 2.12 bits per heavy atom. The molecule has 1 heterocycles. The quantitative estimate of drug-likeness (QED) is 0.543. The highest BCUT2D eigenvalue weighted by atomic mass is 79.9. The molecular formula is C19H29BrN4O2. The van der Waals surface area contributed by atoms with Gasteiger partial charge in [-0.05, 0) is 41.4 Å². The number of hydrogen-bond acceptors (Lipinski definition) is 3. The molecule has 0 aromatic heterocycles. The first-order valence-corrected chi connectivity index (χ1v) is 9.87. The Bertz CT molecular complexity index is 636. The number of amides is 1. The average molecular weight is 425 g/mol. The zero-order valence-corrected chi connectivity index (χ0v) is 17.5. The molecule has 1 aliphatic heterocycles. The van der Waals surface area contributed by atoms with Crippen LogP contribution < -0.4 is 15.4 Å². The first kappa shape index (κ1) is 20.6. The van der Waals surface area contributed by atoms with Crippen LogP contribution in [-0.2, 0) is 4.79 Å². The number of hydrogen-bond donors (Lipinski definition) is 2. The lowest BCUT2D eigenvalue weighted by Gasteiger charge is -2.22. The summed E-state index contributed by atoms with van der Waals surface area (Å²) in [5.74, 6) is 1.81. The minimum atomic E-state index is -0.0187. The average Bonchev–Trinajstić information content (AvgIpc) is 3.08. The van der Waals surface area contributed by atoms with Crippen LogP contribution in [0, 0.1) is 5.92 Å². The van der Waals surface area contributed by atoms with Gasteiger partial charge in [0.1, 0.15) is 11.9 Å². The van der Waals surface area contributed by atoms with Crippen molar-refractivity contribution in [3.05, 3.63) is 28.7 Å². The van der Waals surface area contributed by atoms with Crippen molar-refractivity contribution in [2.75, 3.05) is 26.7 Å². The smallest absolute Gasteiger partial charge is 0.225 e. The molecule has 26 heavy (non-hydrogen) atoms. The summed E-state index contributed by atoms with van der Waals surface area (Å²) in [6, 6.07) is 8.03. The molecular weight excluding hydrogens is 396 g/mol. The summed E-state index contributed by atoms with van der Waals surface area (Å²) < 4.78 is 6.88. The second-order valence-electron chi connectivity index (χ2n) is 6.88. The van der Waals surface area contributed by atoms with Gasteiger partial charge in [-0.25, -0.2) is 0 Å². The molecule has 0 aliphatic carbocycles. The third-order valence-electron chi connectivity index (χ3n) is 4.28. The Morgan fingerprint density at radius 1 is 1.38 bits per heavy atom. The number of nitrogens with one attached hydrogen (secondary N) is 2. The molecule has 2 rings (SSSR count). The number of ether oxygens (including phenoxy) is 1. The summed E-state index contributed by atoms with van der Waals surface area (Å²) in [7, 11) is 1.75. The molecule has 0 bridgehead atoms. The van der Waals surface area contributed by atoms with Gasteiger partial charge in [0.25, 0.3) is 0 Å². The summed E-state index contributed by atoms with van der Waals surface area (Å²) in [4.78, 5) is 18.3. The highest BCUT2D eigenvalue weighted by Crippen LogP contribution is 2.24. The third kappa shape index (κ3) is 5.90. The molecule has 144 valence electrons. The summed E-state index contributed by atoms with van der Waals surface area (Å²) in [5, 5.41) is 6.70. The van der Waals surface area contributed by atoms with Crippen molar-refractivity contribution in [2.45, 2.75) is 39.3 Å². The topological polar surface area (TPSA) is 66.0 Å². The van der Waals surface area contributed by atoms with Crippen LogP contribution in [0.4, 0.5) is 0 Å². The molecule has 1 aromatic rings. The summed E-state index contributed by atoms with van der Waals surface area (Å²) in [5.41, 5.74) is 0. The summed E-state index contributed by atoms with van der Waals surface area (Å²) >= 11 is 3.49. The molecule has 1 aromatic carbocycles. The van der Waals surface area contributed by atoms with E-state index in [0.717, 1.165) is 35.7 Å². The van der Waals surface area contributed by atoms with E-state index in [-0.39, 0.29) is 24.0 Å². The van der Waals surface area contributed by atoms with Gasteiger partial charge in [0.2, 0.25) is 5.91 Å². The predicted molar refractivity (Wildman–Crippen MR) is 109 cm³/mol. The van der Waals surface area contributed by atoms with Crippen LogP contribution in [0.15, 0.2) is 33.7 Å². The number of carbonyl (C=O) groups is 1. The van der Waals surface area contributed by atoms with E-state index in [0.29, 0.717) is 6.54 Å². The number of aliphatic imine (C=N–C) groups is 1. The maximum Gasteiger partial charge on any atom is 0.225 e. The van der Waals surface area contributed by atoms with Gasteiger partial charge < -0.3 is 20.3 Å². The molecule has 0 saturated carbocycles. The van der Waals surface area contributed by atoms with Gasteiger partial charge in [-0.15, -0.1) is 0 Å². The number of halogens is 1. The van der Waals surface area contributed by atoms with Gasteiger partial charge in [-0.1, -0.05) is 26.0 Å². The lowest BCUT2D eigenvalue weighted by atomic mass is 10.2. The van der Waals surface area contributed by atoms with Crippen LogP contribution in [-0.4, -0.2) is 55.6 Å². The number of carbonyl (C=O) groups excluding carboxylic acids is 1. The highest BCUT2D eigenvalue weighted by molar-refractivity contribution is 9.10. The van der Waals surface area contributed by atoms with Crippen LogP contribution in [0.2, 0.25) is 0 Å². The Labute approximate surface area is 164 Å². The monoisotopic (exact) mass is 424 g/mol. The molecule has 1 saturated heterocycles. The van der Waals surface area contributed by atoms with Crippen LogP contribution in [0.5, 0.6) is 5.75 Å². The molecule has 2 atom stereocenters. The molecule has 0 radical (unpaired) electrons. The molecule has 7 heteroatoms. The number of rotatable bonds is 6. The third-order valence-corrected chi connectivity index (χ3v) is 4.94. The van der Waals surface area contributed by atoms with Crippen molar-refractivity contribution in [3.8, 4) is 5.75 Å². The Kier molecular flexibility index (Phi) is 7.75. The van der Waals surface area contributed by atoms with E-state index in [2.05, 4.69) is 31.6 Å². The van der Waals surface area contributed by atoms with Crippen LogP contribution in [0.1, 0.15) is 27.2 Å². The van der Waals surface area contributed by atoms with E-state index >= 15 is 0 Å². The molecule has 1 fully saturated rings. The number of guanidine groups is 1. The van der Waals surface area contributed by atoms with Crippen LogP contribution in [0.25, 0.3) is 0 Å². The summed E-state index contributed by atoms with van der Waals surface area (Å²) in [6.45, 7) is 8.04. The zero-order valence-electron chi connectivity index (χ0n) is 16.0. The van der Waals surface area contributed by atoms with Gasteiger partial charge in [-0.3, -0.25) is 9.79 Å². The van der Waals surface area contributed by atoms with Crippen molar-refractivity contribution < 1.29 is 9.53 Å². The van der Waals surface area contributed by atoms with E-state index in [1.807, 2.05) is 49.9 Å². The van der Waals surface area contributed by atoms with Gasteiger partial charge >= 0.3 is 0 Å². The van der Waals surface area contributed by atoms with Crippen molar-refractivity contribution in [2.24, 2.45) is 10.9 Å². The van der Waals surface area contributed by atoms with Crippen LogP contribution in [0.3, 0.4) is 0 Å². The van der Waals surface area contributed by atoms with E-state index in [1.165, 1.54) is 0 Å². The first-order valence-electron chi connectivity index (χ1n) is 9.07. The van der Waals surface area contributed by atoms with Crippen LogP contribution >= 0.6 is 15.9 Å². The maximum absolute atomic E-state index is 12.1. The molecule has 2 N–H and O–H groups in total. The number of para-hydroxylation sites is 1. The van der Waals surface area contributed by atoms with Gasteiger partial charge in [0.05, 0.1) is 11.0 Å². The molecule has 6 nitrogen and oxygen atoms in total. The number of nitrogens with zero attached hydrogens (tertiary/aromatic N) is 2. The van der Waals surface area contributed by atoms with Gasteiger partial charge in [-0.2, -0.15) is 0 Å². The second kappa shape index (κ2) is 9.80. The number of likely N-dealkylation sites (tertiary alicyclic amines) is 1. The van der Waals surface area contributed by atoms with Crippen molar-refractivity contribution in [3.63, 3.8) is 0 Å². The minimum Gasteiger partial charge on any atom is -0.488 e. The largest absolute Gasteiger partial charge is 0.488 e. The minimum absolute atomic E-state index is 0.0187. The first-order chi connectivity index (χ1) is 12.4. The highest BCUT2D eigenvalue weighted by Gasteiger charge is 2.28. The van der Waals surface area contributed by atoms with E-state index in [1.54, 1.807) is 7.05 Å². The van der Waals surface area contributed by atoms with Gasteiger partial charge in [0, 0.05) is 32.1 Å². The maximum atomic E-state index is 12.1. The normalized spacial score (nSPS) is 18.8. The van der Waals surface area contributed by atoms with E-state index in [9.17, 15) is 4.79 Å².